The first-order valence-electron chi connectivity index (χ1n) is 15.2. The second-order valence-electron chi connectivity index (χ2n) is 11.2. The second kappa shape index (κ2) is 15.7. The number of nitrogens with zero attached hydrogens (tertiary/aromatic N) is 7. The summed E-state index contributed by atoms with van der Waals surface area (Å²) in [5.41, 5.74) is 7.48. The summed E-state index contributed by atoms with van der Waals surface area (Å²) in [5, 5.41) is 27.5. The van der Waals surface area contributed by atoms with Crippen molar-refractivity contribution in [2.75, 3.05) is 67.7 Å². The number of nitrogens with one attached hydrogen (secondary N) is 2. The Bertz CT molecular complexity index is 1550. The summed E-state index contributed by atoms with van der Waals surface area (Å²) in [6.45, 7) is 5.90. The van der Waals surface area contributed by atoms with E-state index in [1.165, 1.54) is 34.0 Å². The highest BCUT2D eigenvalue weighted by molar-refractivity contribution is 8.26. The molecule has 2 atom stereocenters. The van der Waals surface area contributed by atoms with E-state index in [2.05, 4.69) is 40.3 Å². The molecule has 2 unspecified atom stereocenters. The van der Waals surface area contributed by atoms with Crippen LogP contribution in [0.15, 0.2) is 15.8 Å². The van der Waals surface area contributed by atoms with Crippen LogP contribution < -0.4 is 20.9 Å². The van der Waals surface area contributed by atoms with Crippen molar-refractivity contribution in [1.82, 2.24) is 20.2 Å². The number of aromatic nitrogens is 4. The van der Waals surface area contributed by atoms with Gasteiger partial charge >= 0.3 is 0 Å². The number of hydrogen-bond acceptors (Lipinski definition) is 15. The first-order chi connectivity index (χ1) is 22.4. The summed E-state index contributed by atoms with van der Waals surface area (Å²) in [5.74, 6) is -0.455. The number of hydrogen-bond donors (Lipinski definition) is 3. The van der Waals surface area contributed by atoms with Crippen LogP contribution in [0.25, 0.3) is 0 Å². The third-order valence-corrected chi connectivity index (χ3v) is 11.6. The minimum absolute atomic E-state index is 0.0190. The van der Waals surface area contributed by atoms with E-state index >= 15 is 0 Å². The molecule has 2 aliphatic heterocycles. The van der Waals surface area contributed by atoms with Gasteiger partial charge in [-0.25, -0.2) is 9.97 Å². The van der Waals surface area contributed by atoms with Crippen LogP contribution >= 0.6 is 45.8 Å². The third kappa shape index (κ3) is 8.86. The number of ether oxygens (including phenoxy) is 2. The Morgan fingerprint density at radius 1 is 0.978 bits per heavy atom. The van der Waals surface area contributed by atoms with E-state index in [9.17, 15) is 9.59 Å². The minimum Gasteiger partial charge on any atom is -0.378 e. The smallest absolute Gasteiger partial charge is 0.254 e. The highest BCUT2D eigenvalue weighted by Crippen LogP contribution is 2.40. The summed E-state index contributed by atoms with van der Waals surface area (Å²) in [7, 11) is 0. The fraction of sp³-hybridized carbons (Fsp3) is 0.571. The predicted octanol–water partition coefficient (Wildman–Crippen LogP) is 3.37. The molecule has 6 rings (SSSR count). The molecule has 2 saturated heterocycles. The van der Waals surface area contributed by atoms with Crippen molar-refractivity contribution in [2.24, 2.45) is 16.6 Å². The van der Waals surface area contributed by atoms with Gasteiger partial charge in [-0.3, -0.25) is 15.0 Å². The largest absolute Gasteiger partial charge is 0.378 e. The standard InChI is InChI=1S/C28H36N10O4S4/c29-23(45-25(30)33-21(39)13-19-15-43-27(31-19)37-4-8-41-9-5-37)17-2-1-3-18(12-17)24-35-36-26(46-24)34-22(40)14-20-16-44-28(32-20)38-6-10-42-11-7-38/h15-18,29H,1-14H2,(H2,30,33,39)(H,34,36,40). The van der Waals surface area contributed by atoms with Gasteiger partial charge in [0.25, 0.3) is 5.91 Å². The maximum Gasteiger partial charge on any atom is 0.254 e. The minimum atomic E-state index is -0.381. The molecule has 2 amide bonds. The fourth-order valence-corrected chi connectivity index (χ4v) is 8.94. The Labute approximate surface area is 282 Å². The number of thioether (sulfide) groups is 1. The second-order valence-corrected chi connectivity index (χ2v) is 14.9. The van der Waals surface area contributed by atoms with Crippen molar-refractivity contribution < 1.29 is 19.1 Å². The van der Waals surface area contributed by atoms with Crippen molar-refractivity contribution in [3.63, 3.8) is 0 Å². The molecule has 246 valence electrons. The van der Waals surface area contributed by atoms with Crippen LogP contribution in [0, 0.1) is 11.3 Å². The maximum absolute atomic E-state index is 12.7. The van der Waals surface area contributed by atoms with Crippen LogP contribution in [0.3, 0.4) is 0 Å². The normalized spacial score (nSPS) is 20.9. The quantitative estimate of drug-likeness (QED) is 0.218. The zero-order valence-electron chi connectivity index (χ0n) is 25.2. The molecule has 3 aromatic heterocycles. The molecule has 0 spiro atoms. The van der Waals surface area contributed by atoms with E-state index < -0.39 is 0 Å². The van der Waals surface area contributed by atoms with Gasteiger partial charge in [0.2, 0.25) is 11.0 Å². The number of carbonyl (C=O) groups is 2. The van der Waals surface area contributed by atoms with Gasteiger partial charge in [-0.1, -0.05) is 17.8 Å². The summed E-state index contributed by atoms with van der Waals surface area (Å²) in [4.78, 5) is 42.8. The van der Waals surface area contributed by atoms with Gasteiger partial charge in [-0.2, -0.15) is 4.99 Å². The van der Waals surface area contributed by atoms with Crippen molar-refractivity contribution in [3.05, 3.63) is 27.2 Å². The number of amidine groups is 1. The molecule has 5 heterocycles. The Morgan fingerprint density at radius 3 is 2.26 bits per heavy atom. The first kappa shape index (κ1) is 32.9. The number of morpholine rings is 2. The number of carbonyl (C=O) groups excluding carboxylic acids is 2. The predicted molar refractivity (Wildman–Crippen MR) is 183 cm³/mol. The van der Waals surface area contributed by atoms with E-state index in [1.807, 2.05) is 10.8 Å². The molecule has 4 N–H and O–H groups in total. The van der Waals surface area contributed by atoms with Crippen molar-refractivity contribution in [2.45, 2.75) is 44.4 Å². The average Bonchev–Trinajstić information content (AvgIpc) is 3.84. The van der Waals surface area contributed by atoms with Crippen LogP contribution in [0.1, 0.15) is 48.0 Å². The number of nitrogens with two attached hydrogens (primary N) is 1. The molecule has 46 heavy (non-hydrogen) atoms. The van der Waals surface area contributed by atoms with Gasteiger partial charge in [0.15, 0.2) is 15.4 Å². The Balaban J connectivity index is 0.959. The lowest BCUT2D eigenvalue weighted by Crippen LogP contribution is -2.36. The fourth-order valence-electron chi connectivity index (χ4n) is 5.52. The SMILES string of the molecule is N=C(SC(N)=NC(=O)Cc1csc(N2CCOCC2)n1)C1CCCC(c2nnc(NC(=O)Cc3csc(N4CCOCC4)n3)s2)C1. The van der Waals surface area contributed by atoms with Crippen LogP contribution in [-0.2, 0) is 31.9 Å². The maximum atomic E-state index is 12.7. The number of rotatable bonds is 9. The summed E-state index contributed by atoms with van der Waals surface area (Å²) in [6.07, 6.45) is 3.68. The third-order valence-electron chi connectivity index (χ3n) is 7.85. The molecule has 1 saturated carbocycles. The Kier molecular flexibility index (Phi) is 11.2. The van der Waals surface area contributed by atoms with Gasteiger partial charge in [-0.15, -0.1) is 32.9 Å². The molecule has 0 aromatic carbocycles. The number of aliphatic imine (C=N–C) groups is 1. The first-order valence-corrected chi connectivity index (χ1v) is 18.6. The van der Waals surface area contributed by atoms with Crippen LogP contribution in [0.4, 0.5) is 15.4 Å². The number of amides is 2. The van der Waals surface area contributed by atoms with Gasteiger partial charge in [0.1, 0.15) is 5.01 Å². The molecule has 3 aliphatic rings. The molecule has 3 aromatic rings. The molecule has 14 nitrogen and oxygen atoms in total. The van der Waals surface area contributed by atoms with Gasteiger partial charge in [-0.05, 0) is 31.0 Å². The van der Waals surface area contributed by atoms with Crippen LogP contribution in [-0.4, -0.2) is 94.8 Å². The number of thiazole rings is 2. The van der Waals surface area contributed by atoms with Crippen molar-refractivity contribution in [3.8, 4) is 0 Å². The molecule has 0 radical (unpaired) electrons. The molecule has 0 bridgehead atoms. The number of anilines is 3. The molecule has 1 aliphatic carbocycles. The van der Waals surface area contributed by atoms with Gasteiger partial charge in [0.05, 0.1) is 55.7 Å². The molecular formula is C28H36N10O4S4. The Hall–Kier alpha value is -3.03. The lowest BCUT2D eigenvalue weighted by Gasteiger charge is -2.27. The van der Waals surface area contributed by atoms with E-state index in [0.29, 0.717) is 42.3 Å². The van der Waals surface area contributed by atoms with E-state index in [-0.39, 0.29) is 41.7 Å². The topological polar surface area (TPSA) is 185 Å². The van der Waals surface area contributed by atoms with Gasteiger partial charge < -0.3 is 30.3 Å². The van der Waals surface area contributed by atoms with E-state index in [0.717, 1.165) is 84.6 Å². The van der Waals surface area contributed by atoms with Crippen LogP contribution in [0.2, 0.25) is 0 Å². The van der Waals surface area contributed by atoms with Gasteiger partial charge in [0, 0.05) is 48.8 Å². The van der Waals surface area contributed by atoms with Crippen LogP contribution in [0.5, 0.6) is 0 Å². The summed E-state index contributed by atoms with van der Waals surface area (Å²) in [6, 6.07) is 0. The van der Waals surface area contributed by atoms with E-state index in [4.69, 9.17) is 20.6 Å². The zero-order valence-corrected chi connectivity index (χ0v) is 28.4. The lowest BCUT2D eigenvalue weighted by molar-refractivity contribution is -0.117. The monoisotopic (exact) mass is 704 g/mol. The lowest BCUT2D eigenvalue weighted by atomic mass is 9.82. The van der Waals surface area contributed by atoms with Crippen molar-refractivity contribution in [1.29, 1.82) is 5.41 Å². The summed E-state index contributed by atoms with van der Waals surface area (Å²) < 4.78 is 10.8. The average molecular weight is 705 g/mol. The van der Waals surface area contributed by atoms with Crippen molar-refractivity contribution >= 4 is 83.2 Å². The molecule has 18 heteroatoms. The summed E-state index contributed by atoms with van der Waals surface area (Å²) >= 11 is 5.46. The zero-order chi connectivity index (χ0) is 31.9. The molecular weight excluding hydrogens is 669 g/mol. The Morgan fingerprint density at radius 2 is 1.61 bits per heavy atom. The van der Waals surface area contributed by atoms with E-state index in [1.54, 1.807) is 0 Å². The highest BCUT2D eigenvalue weighted by Gasteiger charge is 2.29. The highest BCUT2D eigenvalue weighted by atomic mass is 32.2. The molecule has 3 fully saturated rings.